The Morgan fingerprint density at radius 3 is 2.37 bits per heavy atom. The lowest BCUT2D eigenvalue weighted by Gasteiger charge is -2.08. The molecule has 0 saturated heterocycles. The zero-order valence-electron chi connectivity index (χ0n) is 14.3. The fourth-order valence-electron chi connectivity index (χ4n) is 3.20. The van der Waals surface area contributed by atoms with E-state index in [0.29, 0.717) is 12.4 Å². The molecule has 130 valence electrons. The maximum absolute atomic E-state index is 4.26. The van der Waals surface area contributed by atoms with E-state index in [1.807, 2.05) is 47.1 Å². The third-order valence-electron chi connectivity index (χ3n) is 4.53. The van der Waals surface area contributed by atoms with Gasteiger partial charge in [-0.15, -0.1) is 15.3 Å². The van der Waals surface area contributed by atoms with Gasteiger partial charge in [-0.05, 0) is 34.0 Å². The smallest absolute Gasteiger partial charge is 0.205 e. The number of H-pyrrole nitrogens is 1. The fourth-order valence-corrected chi connectivity index (χ4v) is 3.20. The molecule has 0 aliphatic rings. The minimum atomic E-state index is 0.587. The van der Waals surface area contributed by atoms with Gasteiger partial charge in [0.15, 0.2) is 0 Å². The second-order valence-electron chi connectivity index (χ2n) is 6.21. The quantitative estimate of drug-likeness (QED) is 0.536. The Hall–Kier alpha value is -3.87. The first-order chi connectivity index (χ1) is 13.4. The number of aromatic amines is 1. The highest BCUT2D eigenvalue weighted by molar-refractivity contribution is 5.80. The summed E-state index contributed by atoms with van der Waals surface area (Å²) < 4.78 is 1.91. The van der Waals surface area contributed by atoms with Crippen LogP contribution in [0.25, 0.3) is 33.5 Å². The Morgan fingerprint density at radius 1 is 0.778 bits per heavy atom. The molecule has 1 N–H and O–H groups in total. The van der Waals surface area contributed by atoms with Crippen LogP contribution in [0.4, 0.5) is 0 Å². The van der Waals surface area contributed by atoms with Crippen molar-refractivity contribution in [3.8, 4) is 22.5 Å². The summed E-state index contributed by atoms with van der Waals surface area (Å²) in [6.07, 6.45) is 0. The average molecular weight is 353 g/mol. The molecule has 0 unspecified atom stereocenters. The molecule has 0 radical (unpaired) electrons. The molecule has 5 aromatic rings. The molecule has 0 bridgehead atoms. The highest BCUT2D eigenvalue weighted by atomic mass is 15.5. The fraction of sp³-hybridized carbons (Fsp3) is 0.0500. The lowest BCUT2D eigenvalue weighted by Crippen LogP contribution is -2.01. The van der Waals surface area contributed by atoms with Crippen molar-refractivity contribution in [3.05, 3.63) is 78.4 Å². The standard InChI is InChI=1S/C20H15N7/c1-2-6-17(20-22-24-25-23-20)16(5-1)15-11-9-14(10-12-15)13-27-19-8-4-3-7-18(19)21-26-27/h1-12H,13H2,(H,22,23,24,25). The van der Waals surface area contributed by atoms with Gasteiger partial charge >= 0.3 is 0 Å². The van der Waals surface area contributed by atoms with Gasteiger partial charge in [0.1, 0.15) is 5.52 Å². The van der Waals surface area contributed by atoms with Crippen LogP contribution in [-0.4, -0.2) is 35.6 Å². The summed E-state index contributed by atoms with van der Waals surface area (Å²) in [7, 11) is 0. The number of benzene rings is 3. The van der Waals surface area contributed by atoms with E-state index in [1.165, 1.54) is 0 Å². The van der Waals surface area contributed by atoms with Crippen LogP contribution >= 0.6 is 0 Å². The number of hydrogen-bond donors (Lipinski definition) is 1. The van der Waals surface area contributed by atoms with Crippen LogP contribution < -0.4 is 0 Å². The molecule has 7 heteroatoms. The summed E-state index contributed by atoms with van der Waals surface area (Å²) in [6.45, 7) is 0.674. The van der Waals surface area contributed by atoms with Crippen LogP contribution in [0.1, 0.15) is 5.56 Å². The molecule has 3 aromatic carbocycles. The first kappa shape index (κ1) is 15.4. The summed E-state index contributed by atoms with van der Waals surface area (Å²) in [6, 6.07) is 24.4. The van der Waals surface area contributed by atoms with Gasteiger partial charge in [0, 0.05) is 5.56 Å². The summed E-state index contributed by atoms with van der Waals surface area (Å²) >= 11 is 0. The van der Waals surface area contributed by atoms with E-state index in [-0.39, 0.29) is 0 Å². The number of fused-ring (bicyclic) bond motifs is 1. The van der Waals surface area contributed by atoms with Gasteiger partial charge in [-0.3, -0.25) is 0 Å². The molecular formula is C20H15N7. The van der Waals surface area contributed by atoms with Crippen molar-refractivity contribution in [2.24, 2.45) is 0 Å². The molecule has 0 aliphatic heterocycles. The molecule has 0 aliphatic carbocycles. The highest BCUT2D eigenvalue weighted by Crippen LogP contribution is 2.29. The normalized spacial score (nSPS) is 11.1. The number of aromatic nitrogens is 7. The van der Waals surface area contributed by atoms with E-state index in [1.54, 1.807) is 0 Å². The summed E-state index contributed by atoms with van der Waals surface area (Å²) in [4.78, 5) is 0. The van der Waals surface area contributed by atoms with Gasteiger partial charge in [-0.2, -0.15) is 5.21 Å². The Kier molecular flexibility index (Phi) is 3.68. The van der Waals surface area contributed by atoms with Gasteiger partial charge in [-0.1, -0.05) is 65.9 Å². The van der Waals surface area contributed by atoms with Gasteiger partial charge in [0.05, 0.1) is 12.1 Å². The Morgan fingerprint density at radius 2 is 1.56 bits per heavy atom. The van der Waals surface area contributed by atoms with Gasteiger partial charge in [0.2, 0.25) is 5.82 Å². The van der Waals surface area contributed by atoms with Crippen LogP contribution in [0.5, 0.6) is 0 Å². The molecule has 7 nitrogen and oxygen atoms in total. The van der Waals surface area contributed by atoms with Crippen LogP contribution in [-0.2, 0) is 6.54 Å². The van der Waals surface area contributed by atoms with Crippen LogP contribution in [0.15, 0.2) is 72.8 Å². The molecule has 5 rings (SSSR count). The first-order valence-corrected chi connectivity index (χ1v) is 8.59. The second kappa shape index (κ2) is 6.45. The molecule has 27 heavy (non-hydrogen) atoms. The second-order valence-corrected chi connectivity index (χ2v) is 6.21. The zero-order chi connectivity index (χ0) is 18.1. The average Bonchev–Trinajstić information content (AvgIpc) is 3.39. The minimum Gasteiger partial charge on any atom is -0.240 e. The highest BCUT2D eigenvalue weighted by Gasteiger charge is 2.11. The number of tetrazole rings is 1. The summed E-state index contributed by atoms with van der Waals surface area (Å²) in [5.74, 6) is 0.587. The molecule has 2 aromatic heterocycles. The van der Waals surface area contributed by atoms with Crippen LogP contribution in [0.2, 0.25) is 0 Å². The van der Waals surface area contributed by atoms with Gasteiger partial charge < -0.3 is 0 Å². The molecular weight excluding hydrogens is 338 g/mol. The van der Waals surface area contributed by atoms with E-state index >= 15 is 0 Å². The third-order valence-corrected chi connectivity index (χ3v) is 4.53. The van der Waals surface area contributed by atoms with Crippen molar-refractivity contribution in [3.63, 3.8) is 0 Å². The van der Waals surface area contributed by atoms with Gasteiger partial charge in [-0.25, -0.2) is 4.68 Å². The van der Waals surface area contributed by atoms with Crippen molar-refractivity contribution in [1.82, 2.24) is 35.6 Å². The predicted octanol–water partition coefficient (Wildman–Crippen LogP) is 3.33. The topological polar surface area (TPSA) is 85.2 Å². The lowest BCUT2D eigenvalue weighted by molar-refractivity contribution is 0.670. The van der Waals surface area contributed by atoms with Crippen molar-refractivity contribution in [2.45, 2.75) is 6.54 Å². The molecule has 2 heterocycles. The van der Waals surface area contributed by atoms with Crippen molar-refractivity contribution >= 4 is 11.0 Å². The first-order valence-electron chi connectivity index (χ1n) is 8.59. The number of rotatable bonds is 4. The van der Waals surface area contributed by atoms with Crippen molar-refractivity contribution in [1.29, 1.82) is 0 Å². The summed E-state index contributed by atoms with van der Waals surface area (Å²) in [5.41, 5.74) is 6.21. The maximum atomic E-state index is 4.26. The number of nitrogens with one attached hydrogen (secondary N) is 1. The van der Waals surface area contributed by atoms with Gasteiger partial charge in [0.25, 0.3) is 0 Å². The number of para-hydroxylation sites is 1. The van der Waals surface area contributed by atoms with Crippen molar-refractivity contribution in [2.75, 3.05) is 0 Å². The third kappa shape index (κ3) is 2.85. The Labute approximate surface area is 154 Å². The largest absolute Gasteiger partial charge is 0.240 e. The molecule has 0 fully saturated rings. The van der Waals surface area contributed by atoms with E-state index < -0.39 is 0 Å². The Balaban J connectivity index is 1.46. The molecule has 0 atom stereocenters. The van der Waals surface area contributed by atoms with E-state index in [9.17, 15) is 0 Å². The molecule has 0 saturated carbocycles. The van der Waals surface area contributed by atoms with Crippen LogP contribution in [0.3, 0.4) is 0 Å². The van der Waals surface area contributed by atoms with E-state index in [2.05, 4.69) is 61.3 Å². The number of hydrogen-bond acceptors (Lipinski definition) is 5. The SMILES string of the molecule is c1ccc(-c2nn[nH]n2)c(-c2ccc(Cn3nnc4ccccc43)cc2)c1. The Bertz CT molecular complexity index is 1190. The van der Waals surface area contributed by atoms with E-state index in [4.69, 9.17) is 0 Å². The monoisotopic (exact) mass is 353 g/mol. The zero-order valence-corrected chi connectivity index (χ0v) is 14.3. The van der Waals surface area contributed by atoms with E-state index in [0.717, 1.165) is 33.3 Å². The van der Waals surface area contributed by atoms with Crippen LogP contribution in [0, 0.1) is 0 Å². The molecule has 0 amide bonds. The minimum absolute atomic E-state index is 0.587. The lowest BCUT2D eigenvalue weighted by atomic mass is 9.98. The number of nitrogens with zero attached hydrogens (tertiary/aromatic N) is 6. The van der Waals surface area contributed by atoms with Crippen molar-refractivity contribution < 1.29 is 0 Å². The predicted molar refractivity (Wildman–Crippen MR) is 102 cm³/mol. The molecule has 0 spiro atoms. The summed E-state index contributed by atoms with van der Waals surface area (Å²) in [5, 5.41) is 22.8. The maximum Gasteiger partial charge on any atom is 0.205 e.